The minimum atomic E-state index is 1.18. The van der Waals surface area contributed by atoms with Gasteiger partial charge in [-0.05, 0) is 48.8 Å². The van der Waals surface area contributed by atoms with Crippen LogP contribution in [0.25, 0.3) is 0 Å². The highest BCUT2D eigenvalue weighted by atomic mass is 14.1. The Hall–Kier alpha value is -0.780. The van der Waals surface area contributed by atoms with E-state index in [2.05, 4.69) is 39.0 Å². The van der Waals surface area contributed by atoms with Gasteiger partial charge in [0.15, 0.2) is 0 Å². The molecule has 234 valence electrons. The van der Waals surface area contributed by atoms with Gasteiger partial charge in [-0.25, -0.2) is 0 Å². The van der Waals surface area contributed by atoms with Crippen LogP contribution in [-0.2, 0) is 19.3 Å². The van der Waals surface area contributed by atoms with E-state index in [9.17, 15) is 0 Å². The maximum absolute atomic E-state index is 2.55. The van der Waals surface area contributed by atoms with Gasteiger partial charge in [0, 0.05) is 0 Å². The van der Waals surface area contributed by atoms with Crippen molar-refractivity contribution < 1.29 is 0 Å². The molecule has 0 heterocycles. The van der Waals surface area contributed by atoms with E-state index in [1.807, 2.05) is 0 Å². The molecule has 0 bridgehead atoms. The zero-order valence-electron chi connectivity index (χ0n) is 28.2. The minimum absolute atomic E-state index is 1.18. The molecule has 0 fully saturated rings. The van der Waals surface area contributed by atoms with Crippen molar-refractivity contribution in [2.45, 2.75) is 220 Å². The minimum Gasteiger partial charge on any atom is -0.0654 e. The number of rotatable bonds is 31. The average Bonchev–Trinajstić information content (AvgIpc) is 2.97. The van der Waals surface area contributed by atoms with E-state index in [4.69, 9.17) is 0 Å². The summed E-state index contributed by atoms with van der Waals surface area (Å²) in [6.07, 6.45) is 44.2. The molecule has 0 radical (unpaired) electrons. The van der Waals surface area contributed by atoms with E-state index < -0.39 is 0 Å². The third-order valence-corrected chi connectivity index (χ3v) is 9.16. The normalized spacial score (nSPS) is 11.5. The van der Waals surface area contributed by atoms with Crippen LogP contribution in [0, 0.1) is 0 Å². The van der Waals surface area contributed by atoms with Crippen LogP contribution in [-0.4, -0.2) is 0 Å². The third-order valence-electron chi connectivity index (χ3n) is 9.16. The number of benzene rings is 1. The van der Waals surface area contributed by atoms with Crippen LogP contribution in [0.5, 0.6) is 0 Å². The van der Waals surface area contributed by atoms with Crippen molar-refractivity contribution in [1.29, 1.82) is 0 Å². The number of aryl methyl sites for hydroxylation is 3. The SMILES string of the molecule is CCCCCCCCCCCCCCCCc1cc(CC)cc(CCCCCCCCCCCCCCCC)c1. The van der Waals surface area contributed by atoms with Crippen LogP contribution < -0.4 is 0 Å². The summed E-state index contributed by atoms with van der Waals surface area (Å²) in [5.74, 6) is 0. The lowest BCUT2D eigenvalue weighted by Gasteiger charge is -2.10. The molecule has 1 rings (SSSR count). The fourth-order valence-electron chi connectivity index (χ4n) is 6.38. The molecule has 0 aliphatic heterocycles. The molecule has 0 saturated carbocycles. The van der Waals surface area contributed by atoms with Crippen LogP contribution in [0.3, 0.4) is 0 Å². The molecule has 0 saturated heterocycles. The molecule has 0 atom stereocenters. The molecule has 0 aliphatic rings. The Kier molecular flexibility index (Phi) is 27.7. The highest BCUT2D eigenvalue weighted by Gasteiger charge is 2.03. The van der Waals surface area contributed by atoms with Crippen molar-refractivity contribution in [3.63, 3.8) is 0 Å². The second-order valence-electron chi connectivity index (χ2n) is 13.2. The second kappa shape index (κ2) is 29.7. The molecule has 0 amide bonds. The van der Waals surface area contributed by atoms with Crippen molar-refractivity contribution >= 4 is 0 Å². The van der Waals surface area contributed by atoms with Gasteiger partial charge in [-0.3, -0.25) is 0 Å². The molecular weight excluding hydrogens is 480 g/mol. The molecule has 0 N–H and O–H groups in total. The Morgan fingerprint density at radius 1 is 0.275 bits per heavy atom. The summed E-state index contributed by atoms with van der Waals surface area (Å²) < 4.78 is 0. The van der Waals surface area contributed by atoms with Gasteiger partial charge < -0.3 is 0 Å². The Labute approximate surface area is 254 Å². The van der Waals surface area contributed by atoms with E-state index >= 15 is 0 Å². The summed E-state index contributed by atoms with van der Waals surface area (Å²) in [6, 6.07) is 7.54. The predicted octanol–water partition coefficient (Wildman–Crippen LogP) is 14.3. The number of hydrogen-bond donors (Lipinski definition) is 0. The largest absolute Gasteiger partial charge is 0.0654 e. The van der Waals surface area contributed by atoms with Crippen LogP contribution in [0.4, 0.5) is 0 Å². The summed E-state index contributed by atoms with van der Waals surface area (Å²) in [7, 11) is 0. The smallest absolute Gasteiger partial charge is 0.0279 e. The molecule has 0 nitrogen and oxygen atoms in total. The van der Waals surface area contributed by atoms with Gasteiger partial charge in [-0.15, -0.1) is 0 Å². The molecule has 0 heteroatoms. The van der Waals surface area contributed by atoms with E-state index in [0.717, 1.165) is 0 Å². The van der Waals surface area contributed by atoms with Crippen LogP contribution in [0.1, 0.15) is 217 Å². The van der Waals surface area contributed by atoms with Crippen LogP contribution >= 0.6 is 0 Å². The van der Waals surface area contributed by atoms with E-state index in [1.54, 1.807) is 16.7 Å². The summed E-state index contributed by atoms with van der Waals surface area (Å²) >= 11 is 0. The summed E-state index contributed by atoms with van der Waals surface area (Å²) in [4.78, 5) is 0. The summed E-state index contributed by atoms with van der Waals surface area (Å²) in [5, 5.41) is 0. The molecule has 1 aromatic rings. The summed E-state index contributed by atoms with van der Waals surface area (Å²) in [6.45, 7) is 6.94. The van der Waals surface area contributed by atoms with E-state index in [-0.39, 0.29) is 0 Å². The molecule has 0 spiro atoms. The van der Waals surface area contributed by atoms with Crippen molar-refractivity contribution in [3.05, 3.63) is 34.9 Å². The molecule has 0 unspecified atom stereocenters. The van der Waals surface area contributed by atoms with Crippen molar-refractivity contribution in [2.75, 3.05) is 0 Å². The van der Waals surface area contributed by atoms with Crippen LogP contribution in [0.2, 0.25) is 0 Å². The third kappa shape index (κ3) is 23.9. The first kappa shape index (κ1) is 37.2. The van der Waals surface area contributed by atoms with Crippen LogP contribution in [0.15, 0.2) is 18.2 Å². The van der Waals surface area contributed by atoms with E-state index in [1.165, 1.54) is 199 Å². The van der Waals surface area contributed by atoms with Gasteiger partial charge in [0.25, 0.3) is 0 Å². The first-order chi connectivity index (χ1) is 19.8. The Balaban J connectivity index is 2.01. The van der Waals surface area contributed by atoms with Gasteiger partial charge in [-0.1, -0.05) is 206 Å². The van der Waals surface area contributed by atoms with Gasteiger partial charge >= 0.3 is 0 Å². The first-order valence-electron chi connectivity index (χ1n) is 18.9. The first-order valence-corrected chi connectivity index (χ1v) is 18.9. The van der Waals surface area contributed by atoms with Crippen molar-refractivity contribution in [1.82, 2.24) is 0 Å². The standard InChI is InChI=1S/C40H74/c1-4-7-9-11-13-15-17-19-21-23-25-27-29-31-33-39-35-38(6-3)36-40(37-39)34-32-30-28-26-24-22-20-18-16-14-12-10-8-5-2/h35-37H,4-34H2,1-3H3. The van der Waals surface area contributed by atoms with Crippen molar-refractivity contribution in [2.24, 2.45) is 0 Å². The van der Waals surface area contributed by atoms with Gasteiger partial charge in [0.2, 0.25) is 0 Å². The topological polar surface area (TPSA) is 0 Å². The highest BCUT2D eigenvalue weighted by molar-refractivity contribution is 5.30. The molecular formula is C40H74. The zero-order chi connectivity index (χ0) is 28.8. The predicted molar refractivity (Wildman–Crippen MR) is 184 cm³/mol. The number of unbranched alkanes of at least 4 members (excludes halogenated alkanes) is 26. The Morgan fingerprint density at radius 3 is 0.750 bits per heavy atom. The van der Waals surface area contributed by atoms with Crippen molar-refractivity contribution in [3.8, 4) is 0 Å². The fourth-order valence-corrected chi connectivity index (χ4v) is 6.38. The highest BCUT2D eigenvalue weighted by Crippen LogP contribution is 2.19. The lowest BCUT2D eigenvalue weighted by Crippen LogP contribution is -1.95. The molecule has 40 heavy (non-hydrogen) atoms. The lowest BCUT2D eigenvalue weighted by atomic mass is 9.96. The zero-order valence-corrected chi connectivity index (χ0v) is 28.2. The quantitative estimate of drug-likeness (QED) is 0.0800. The molecule has 0 aromatic heterocycles. The van der Waals surface area contributed by atoms with Gasteiger partial charge in [0.05, 0.1) is 0 Å². The Bertz CT molecular complexity index is 579. The second-order valence-corrected chi connectivity index (χ2v) is 13.2. The average molecular weight is 555 g/mol. The maximum atomic E-state index is 2.55. The van der Waals surface area contributed by atoms with Gasteiger partial charge in [-0.2, -0.15) is 0 Å². The summed E-state index contributed by atoms with van der Waals surface area (Å²) in [5.41, 5.74) is 4.78. The van der Waals surface area contributed by atoms with Gasteiger partial charge in [0.1, 0.15) is 0 Å². The molecule has 0 aliphatic carbocycles. The lowest BCUT2D eigenvalue weighted by molar-refractivity contribution is 0.535. The number of hydrogen-bond acceptors (Lipinski definition) is 0. The Morgan fingerprint density at radius 2 is 0.500 bits per heavy atom. The maximum Gasteiger partial charge on any atom is -0.0279 e. The fraction of sp³-hybridized carbons (Fsp3) is 0.850. The monoisotopic (exact) mass is 555 g/mol. The molecule has 1 aromatic carbocycles. The van der Waals surface area contributed by atoms with E-state index in [0.29, 0.717) is 0 Å².